The molecule has 6 heteroatoms. The van der Waals surface area contributed by atoms with Crippen molar-refractivity contribution in [2.75, 3.05) is 6.61 Å². The van der Waals surface area contributed by atoms with E-state index in [4.69, 9.17) is 0 Å². The zero-order valence-corrected chi connectivity index (χ0v) is 22.0. The fourth-order valence-corrected chi connectivity index (χ4v) is 9.41. The third-order valence-electron chi connectivity index (χ3n) is 11.9. The van der Waals surface area contributed by atoms with Gasteiger partial charge in [-0.1, -0.05) is 27.2 Å². The standard InChI is InChI=1S/C28H50O6/c1-16(6-7-17(2)25(3,4)33)20-8-9-22-19-13-24(32)28(34)14-18(30)12-23(31)26(28,5)21(19)10-11-27(20,22)15-29/h16-24,29-34H,6-15H2,1-5H3/t16-,17+,18?,19-,20-,21+,22+,23?,24?,26+,27+,28?/m1/s1. The minimum Gasteiger partial charge on any atom is -0.396 e. The van der Waals surface area contributed by atoms with Crippen LogP contribution >= 0.6 is 0 Å². The highest BCUT2D eigenvalue weighted by Crippen LogP contribution is 2.69. The van der Waals surface area contributed by atoms with Crippen molar-refractivity contribution in [2.45, 2.75) is 122 Å². The van der Waals surface area contributed by atoms with Crippen LogP contribution in [0.3, 0.4) is 0 Å². The first-order valence-corrected chi connectivity index (χ1v) is 13.8. The van der Waals surface area contributed by atoms with E-state index in [-0.39, 0.29) is 48.5 Å². The lowest BCUT2D eigenvalue weighted by molar-refractivity contribution is -0.296. The monoisotopic (exact) mass is 482 g/mol. The Hall–Kier alpha value is -0.240. The van der Waals surface area contributed by atoms with Gasteiger partial charge in [0.25, 0.3) is 0 Å². The smallest absolute Gasteiger partial charge is 0.101 e. The first-order valence-electron chi connectivity index (χ1n) is 13.8. The molecule has 34 heavy (non-hydrogen) atoms. The van der Waals surface area contributed by atoms with E-state index in [1.807, 2.05) is 20.8 Å². The van der Waals surface area contributed by atoms with Crippen LogP contribution in [0.1, 0.15) is 92.4 Å². The molecule has 0 aromatic heterocycles. The van der Waals surface area contributed by atoms with Crippen LogP contribution in [0.4, 0.5) is 0 Å². The van der Waals surface area contributed by atoms with E-state index >= 15 is 0 Å². The molecule has 0 aromatic rings. The van der Waals surface area contributed by atoms with Crippen LogP contribution in [0.5, 0.6) is 0 Å². The molecule has 4 aliphatic rings. The third-order valence-corrected chi connectivity index (χ3v) is 11.9. The second kappa shape index (κ2) is 8.95. The summed E-state index contributed by atoms with van der Waals surface area (Å²) in [6, 6.07) is 0. The van der Waals surface area contributed by atoms with Crippen molar-refractivity contribution in [1.82, 2.24) is 0 Å². The molecule has 12 atom stereocenters. The molecule has 198 valence electrons. The molecule has 4 fully saturated rings. The van der Waals surface area contributed by atoms with Crippen LogP contribution in [0.25, 0.3) is 0 Å². The Morgan fingerprint density at radius 3 is 2.24 bits per heavy atom. The summed E-state index contributed by atoms with van der Waals surface area (Å²) in [5, 5.41) is 65.5. The number of rotatable bonds is 6. The summed E-state index contributed by atoms with van der Waals surface area (Å²) >= 11 is 0. The van der Waals surface area contributed by atoms with Gasteiger partial charge in [-0.25, -0.2) is 0 Å². The van der Waals surface area contributed by atoms with Crippen LogP contribution in [-0.4, -0.2) is 66.8 Å². The molecule has 4 aliphatic carbocycles. The van der Waals surface area contributed by atoms with Gasteiger partial charge in [-0.15, -0.1) is 0 Å². The highest BCUT2D eigenvalue weighted by atomic mass is 16.4. The second-order valence-corrected chi connectivity index (χ2v) is 13.7. The molecule has 0 amide bonds. The Bertz CT molecular complexity index is 737. The average Bonchev–Trinajstić information content (AvgIpc) is 3.14. The first-order chi connectivity index (χ1) is 15.7. The van der Waals surface area contributed by atoms with E-state index in [9.17, 15) is 30.6 Å². The van der Waals surface area contributed by atoms with Crippen molar-refractivity contribution in [3.8, 4) is 0 Å². The summed E-state index contributed by atoms with van der Waals surface area (Å²) < 4.78 is 0. The van der Waals surface area contributed by atoms with Crippen molar-refractivity contribution in [3.63, 3.8) is 0 Å². The van der Waals surface area contributed by atoms with E-state index < -0.39 is 34.9 Å². The van der Waals surface area contributed by atoms with E-state index in [1.165, 1.54) is 0 Å². The molecule has 6 N–H and O–H groups in total. The quantitative estimate of drug-likeness (QED) is 0.346. The summed E-state index contributed by atoms with van der Waals surface area (Å²) in [6.45, 7) is 10.2. The summed E-state index contributed by atoms with van der Waals surface area (Å²) in [4.78, 5) is 0. The number of aliphatic hydroxyl groups is 6. The van der Waals surface area contributed by atoms with Gasteiger partial charge in [0.2, 0.25) is 0 Å². The zero-order chi connectivity index (χ0) is 25.3. The third kappa shape index (κ3) is 3.81. The topological polar surface area (TPSA) is 121 Å². The molecule has 0 bridgehead atoms. The predicted octanol–water partition coefficient (Wildman–Crippen LogP) is 2.86. The van der Waals surface area contributed by atoms with E-state index in [2.05, 4.69) is 13.8 Å². The lowest BCUT2D eigenvalue weighted by Crippen LogP contribution is -2.73. The largest absolute Gasteiger partial charge is 0.396 e. The second-order valence-electron chi connectivity index (χ2n) is 13.7. The van der Waals surface area contributed by atoms with E-state index in [0.29, 0.717) is 18.3 Å². The van der Waals surface area contributed by atoms with Gasteiger partial charge in [0.05, 0.1) is 23.9 Å². The molecule has 4 saturated carbocycles. The fourth-order valence-electron chi connectivity index (χ4n) is 9.41. The van der Waals surface area contributed by atoms with Crippen molar-refractivity contribution in [3.05, 3.63) is 0 Å². The van der Waals surface area contributed by atoms with Crippen molar-refractivity contribution < 1.29 is 30.6 Å². The molecule has 0 aromatic carbocycles. The summed E-state index contributed by atoms with van der Waals surface area (Å²) in [7, 11) is 0. The van der Waals surface area contributed by atoms with Gasteiger partial charge in [-0.3, -0.25) is 0 Å². The van der Waals surface area contributed by atoms with Crippen molar-refractivity contribution in [2.24, 2.45) is 46.3 Å². The number of aliphatic hydroxyl groups excluding tert-OH is 4. The first kappa shape index (κ1) is 26.8. The summed E-state index contributed by atoms with van der Waals surface area (Å²) in [5.41, 5.74) is -3.21. The molecule has 0 radical (unpaired) electrons. The highest BCUT2D eigenvalue weighted by Gasteiger charge is 2.70. The summed E-state index contributed by atoms with van der Waals surface area (Å²) in [6.07, 6.45) is 3.93. The lowest BCUT2D eigenvalue weighted by Gasteiger charge is -2.66. The van der Waals surface area contributed by atoms with E-state index in [1.54, 1.807) is 0 Å². The van der Waals surface area contributed by atoms with Gasteiger partial charge in [-0.05, 0) is 99.7 Å². The normalized spacial score (nSPS) is 50.7. The summed E-state index contributed by atoms with van der Waals surface area (Å²) in [5.74, 6) is 1.54. The minimum atomic E-state index is -1.48. The van der Waals surface area contributed by atoms with Gasteiger partial charge in [0.15, 0.2) is 0 Å². The molecule has 0 aliphatic heterocycles. The maximum Gasteiger partial charge on any atom is 0.101 e. The Morgan fingerprint density at radius 1 is 0.941 bits per heavy atom. The fraction of sp³-hybridized carbons (Fsp3) is 1.00. The number of hydrogen-bond acceptors (Lipinski definition) is 6. The van der Waals surface area contributed by atoms with Crippen LogP contribution < -0.4 is 0 Å². The minimum absolute atomic E-state index is 0.0670. The SMILES string of the molecule is C[C@H](CC[C@H](C)C(C)(C)O)[C@H]1CC[C@H]2[C@@H]3CC(O)C4(O)CC(O)CC(O)[C@]4(C)[C@H]3CC[C@]12CO. The van der Waals surface area contributed by atoms with Crippen LogP contribution in [0.2, 0.25) is 0 Å². The van der Waals surface area contributed by atoms with Gasteiger partial charge in [-0.2, -0.15) is 0 Å². The average molecular weight is 483 g/mol. The molecular formula is C28H50O6. The molecule has 6 nitrogen and oxygen atoms in total. The Labute approximate surface area is 205 Å². The maximum absolute atomic E-state index is 11.6. The predicted molar refractivity (Wildman–Crippen MR) is 131 cm³/mol. The highest BCUT2D eigenvalue weighted by molar-refractivity contribution is 5.19. The molecule has 0 heterocycles. The van der Waals surface area contributed by atoms with E-state index in [0.717, 1.165) is 38.5 Å². The molecule has 0 saturated heterocycles. The zero-order valence-electron chi connectivity index (χ0n) is 22.0. The van der Waals surface area contributed by atoms with Crippen molar-refractivity contribution in [1.29, 1.82) is 0 Å². The molecular weight excluding hydrogens is 432 g/mol. The molecule has 4 unspecified atom stereocenters. The van der Waals surface area contributed by atoms with Crippen LogP contribution in [-0.2, 0) is 0 Å². The Balaban J connectivity index is 1.58. The van der Waals surface area contributed by atoms with Crippen LogP contribution in [0.15, 0.2) is 0 Å². The van der Waals surface area contributed by atoms with Gasteiger partial charge in [0.1, 0.15) is 5.60 Å². The maximum atomic E-state index is 11.6. The molecule has 4 rings (SSSR count). The Morgan fingerprint density at radius 2 is 1.62 bits per heavy atom. The lowest BCUT2D eigenvalue weighted by atomic mass is 9.41. The number of hydrogen-bond donors (Lipinski definition) is 6. The van der Waals surface area contributed by atoms with Crippen LogP contribution in [0, 0.1) is 46.3 Å². The van der Waals surface area contributed by atoms with Gasteiger partial charge >= 0.3 is 0 Å². The number of fused-ring (bicyclic) bond motifs is 5. The Kier molecular flexibility index (Phi) is 7.06. The molecule has 0 spiro atoms. The van der Waals surface area contributed by atoms with Crippen molar-refractivity contribution >= 4 is 0 Å². The van der Waals surface area contributed by atoms with Gasteiger partial charge in [0, 0.05) is 18.4 Å². The van der Waals surface area contributed by atoms with Gasteiger partial charge < -0.3 is 30.6 Å².